The van der Waals surface area contributed by atoms with Gasteiger partial charge in [-0.15, -0.1) is 0 Å². The van der Waals surface area contributed by atoms with E-state index in [1.165, 1.54) is 12.1 Å². The first-order valence-corrected chi connectivity index (χ1v) is 7.34. The number of benzene rings is 1. The monoisotopic (exact) mass is 278 g/mol. The Hall–Kier alpha value is -1.58. The van der Waals surface area contributed by atoms with E-state index >= 15 is 0 Å². The van der Waals surface area contributed by atoms with Crippen LogP contribution in [0.25, 0.3) is 0 Å². The number of rotatable bonds is 2. The average Bonchev–Trinajstić information content (AvgIpc) is 2.67. The van der Waals surface area contributed by atoms with E-state index in [1.54, 1.807) is 6.07 Å². The Bertz CT molecular complexity index is 487. The van der Waals surface area contributed by atoms with Gasteiger partial charge in [0.05, 0.1) is 11.3 Å². The lowest BCUT2D eigenvalue weighted by molar-refractivity contribution is 0.0759. The zero-order valence-electron chi connectivity index (χ0n) is 12.2. The van der Waals surface area contributed by atoms with Crippen LogP contribution in [0.4, 0.5) is 10.1 Å². The van der Waals surface area contributed by atoms with Crippen LogP contribution in [0, 0.1) is 17.7 Å². The average molecular weight is 278 g/mol. The van der Waals surface area contributed by atoms with Gasteiger partial charge in [-0.05, 0) is 43.2 Å². The molecule has 2 rings (SSSR count). The number of halogens is 1. The summed E-state index contributed by atoms with van der Waals surface area (Å²) in [6.07, 6.45) is 3.17. The molecule has 110 valence electrons. The first-order chi connectivity index (χ1) is 9.50. The summed E-state index contributed by atoms with van der Waals surface area (Å²) in [4.78, 5) is 14.3. The van der Waals surface area contributed by atoms with E-state index in [4.69, 9.17) is 5.73 Å². The summed E-state index contributed by atoms with van der Waals surface area (Å²) in [5.74, 6) is 0.638. The molecule has 1 unspecified atom stereocenters. The highest BCUT2D eigenvalue weighted by molar-refractivity contribution is 5.99. The van der Waals surface area contributed by atoms with Crippen molar-refractivity contribution in [1.82, 2.24) is 4.90 Å². The molecule has 0 radical (unpaired) electrons. The number of hydrogen-bond acceptors (Lipinski definition) is 2. The normalized spacial score (nSPS) is 20.0. The molecule has 1 atom stereocenters. The third-order valence-corrected chi connectivity index (χ3v) is 4.29. The maximum absolute atomic E-state index is 13.5. The van der Waals surface area contributed by atoms with Crippen molar-refractivity contribution < 1.29 is 9.18 Å². The second kappa shape index (κ2) is 6.25. The number of nitrogens with two attached hydrogens (primary N) is 1. The van der Waals surface area contributed by atoms with Gasteiger partial charge in [0, 0.05) is 13.1 Å². The van der Waals surface area contributed by atoms with Crippen molar-refractivity contribution >= 4 is 11.6 Å². The molecule has 1 aliphatic rings. The summed E-state index contributed by atoms with van der Waals surface area (Å²) < 4.78 is 13.5. The molecule has 0 saturated carbocycles. The molecule has 20 heavy (non-hydrogen) atoms. The van der Waals surface area contributed by atoms with E-state index in [-0.39, 0.29) is 17.2 Å². The zero-order chi connectivity index (χ0) is 14.7. The summed E-state index contributed by atoms with van der Waals surface area (Å²) in [5, 5.41) is 0. The van der Waals surface area contributed by atoms with Crippen molar-refractivity contribution in [2.75, 3.05) is 18.8 Å². The molecular formula is C16H23FN2O. The quantitative estimate of drug-likeness (QED) is 0.844. The standard InChI is InChI=1S/C16H23FN2O/c1-11(2)12-5-4-9-19(10-8-12)16(20)13-6-3-7-14(17)15(13)18/h3,6-7,11-12H,4-5,8-10,18H2,1-2H3. The van der Waals surface area contributed by atoms with Gasteiger partial charge in [0.2, 0.25) is 0 Å². The van der Waals surface area contributed by atoms with E-state index < -0.39 is 5.82 Å². The highest BCUT2D eigenvalue weighted by atomic mass is 19.1. The molecule has 0 aliphatic carbocycles. The molecule has 3 nitrogen and oxygen atoms in total. The molecule has 1 aromatic carbocycles. The minimum absolute atomic E-state index is 0.0397. The van der Waals surface area contributed by atoms with Gasteiger partial charge in [-0.25, -0.2) is 4.39 Å². The van der Waals surface area contributed by atoms with Gasteiger partial charge in [-0.2, -0.15) is 0 Å². The Kier molecular flexibility index (Phi) is 4.63. The maximum Gasteiger partial charge on any atom is 0.256 e. The first-order valence-electron chi connectivity index (χ1n) is 7.34. The van der Waals surface area contributed by atoms with Crippen LogP contribution in [-0.4, -0.2) is 23.9 Å². The second-order valence-corrected chi connectivity index (χ2v) is 5.93. The van der Waals surface area contributed by atoms with Gasteiger partial charge in [0.15, 0.2) is 0 Å². The van der Waals surface area contributed by atoms with Crippen molar-refractivity contribution in [3.8, 4) is 0 Å². The predicted molar refractivity (Wildman–Crippen MR) is 78.9 cm³/mol. The largest absolute Gasteiger partial charge is 0.396 e. The number of hydrogen-bond donors (Lipinski definition) is 1. The number of nitrogens with zero attached hydrogens (tertiary/aromatic N) is 1. The molecule has 0 spiro atoms. The van der Waals surface area contributed by atoms with Gasteiger partial charge in [-0.3, -0.25) is 4.79 Å². The molecule has 2 N–H and O–H groups in total. The number of likely N-dealkylation sites (tertiary alicyclic amines) is 1. The Morgan fingerprint density at radius 2 is 2.10 bits per heavy atom. The fourth-order valence-electron chi connectivity index (χ4n) is 2.89. The predicted octanol–water partition coefficient (Wildman–Crippen LogP) is 3.31. The molecule has 1 aliphatic heterocycles. The molecule has 0 bridgehead atoms. The van der Waals surface area contributed by atoms with E-state index in [0.29, 0.717) is 11.8 Å². The van der Waals surface area contributed by atoms with Crippen LogP contribution in [0.1, 0.15) is 43.5 Å². The van der Waals surface area contributed by atoms with Crippen molar-refractivity contribution in [1.29, 1.82) is 0 Å². The topological polar surface area (TPSA) is 46.3 Å². The van der Waals surface area contributed by atoms with Crippen LogP contribution >= 0.6 is 0 Å². The van der Waals surface area contributed by atoms with Crippen LogP contribution in [0.15, 0.2) is 18.2 Å². The summed E-state index contributed by atoms with van der Waals surface area (Å²) in [6.45, 7) is 5.93. The molecule has 0 aromatic heterocycles. The third-order valence-electron chi connectivity index (χ3n) is 4.29. The highest BCUT2D eigenvalue weighted by Crippen LogP contribution is 2.26. The molecule has 1 heterocycles. The smallest absolute Gasteiger partial charge is 0.256 e. The van der Waals surface area contributed by atoms with Crippen molar-refractivity contribution in [3.05, 3.63) is 29.6 Å². The number of amides is 1. The van der Waals surface area contributed by atoms with Gasteiger partial charge in [0.1, 0.15) is 5.82 Å². The van der Waals surface area contributed by atoms with Crippen LogP contribution in [-0.2, 0) is 0 Å². The lowest BCUT2D eigenvalue weighted by atomic mass is 9.89. The summed E-state index contributed by atoms with van der Waals surface area (Å²) in [5.41, 5.74) is 5.93. The molecule has 1 saturated heterocycles. The molecule has 1 aromatic rings. The lowest BCUT2D eigenvalue weighted by Gasteiger charge is -2.22. The van der Waals surface area contributed by atoms with Crippen molar-refractivity contribution in [3.63, 3.8) is 0 Å². The minimum atomic E-state index is -0.522. The van der Waals surface area contributed by atoms with Gasteiger partial charge in [0.25, 0.3) is 5.91 Å². The molecule has 1 fully saturated rings. The van der Waals surface area contributed by atoms with Crippen LogP contribution < -0.4 is 5.73 Å². The van der Waals surface area contributed by atoms with Gasteiger partial charge >= 0.3 is 0 Å². The highest BCUT2D eigenvalue weighted by Gasteiger charge is 2.24. The SMILES string of the molecule is CC(C)C1CCCN(C(=O)c2cccc(F)c2N)CC1. The second-order valence-electron chi connectivity index (χ2n) is 5.93. The Labute approximate surface area is 120 Å². The van der Waals surface area contributed by atoms with E-state index in [9.17, 15) is 9.18 Å². The zero-order valence-corrected chi connectivity index (χ0v) is 12.2. The molecule has 1 amide bonds. The van der Waals surface area contributed by atoms with Crippen LogP contribution in [0.5, 0.6) is 0 Å². The fraction of sp³-hybridized carbons (Fsp3) is 0.562. The molecule has 4 heteroatoms. The van der Waals surface area contributed by atoms with E-state index in [0.717, 1.165) is 32.4 Å². The van der Waals surface area contributed by atoms with Crippen molar-refractivity contribution in [2.45, 2.75) is 33.1 Å². The number of carbonyl (C=O) groups excluding carboxylic acids is 1. The van der Waals surface area contributed by atoms with Crippen molar-refractivity contribution in [2.24, 2.45) is 11.8 Å². The summed E-state index contributed by atoms with van der Waals surface area (Å²) in [6, 6.07) is 4.42. The number of carbonyl (C=O) groups is 1. The summed E-state index contributed by atoms with van der Waals surface area (Å²) >= 11 is 0. The fourth-order valence-corrected chi connectivity index (χ4v) is 2.89. The Morgan fingerprint density at radius 1 is 1.35 bits per heavy atom. The van der Waals surface area contributed by atoms with Gasteiger partial charge in [-0.1, -0.05) is 19.9 Å². The van der Waals surface area contributed by atoms with Crippen LogP contribution in [0.2, 0.25) is 0 Å². The van der Waals surface area contributed by atoms with Crippen LogP contribution in [0.3, 0.4) is 0 Å². The van der Waals surface area contributed by atoms with E-state index in [2.05, 4.69) is 13.8 Å². The molecular weight excluding hydrogens is 255 g/mol. The van der Waals surface area contributed by atoms with E-state index in [1.807, 2.05) is 4.90 Å². The van der Waals surface area contributed by atoms with Gasteiger partial charge < -0.3 is 10.6 Å². The Balaban J connectivity index is 2.11. The number of para-hydroxylation sites is 1. The first kappa shape index (κ1) is 14.8. The number of nitrogen functional groups attached to an aromatic ring is 1. The minimum Gasteiger partial charge on any atom is -0.396 e. The Morgan fingerprint density at radius 3 is 2.80 bits per heavy atom. The summed E-state index contributed by atoms with van der Waals surface area (Å²) in [7, 11) is 0. The maximum atomic E-state index is 13.5. The number of anilines is 1. The lowest BCUT2D eigenvalue weighted by Crippen LogP contribution is -2.32. The third kappa shape index (κ3) is 3.11.